The van der Waals surface area contributed by atoms with Gasteiger partial charge in [0.05, 0.1) is 0 Å². The van der Waals surface area contributed by atoms with Gasteiger partial charge >= 0.3 is 5.97 Å². The van der Waals surface area contributed by atoms with E-state index in [-0.39, 0.29) is 11.4 Å². The van der Waals surface area contributed by atoms with Crippen LogP contribution in [0.2, 0.25) is 18.1 Å². The molecule has 0 heterocycles. The van der Waals surface area contributed by atoms with Crippen molar-refractivity contribution in [2.24, 2.45) is 17.3 Å². The Labute approximate surface area is 195 Å². The Morgan fingerprint density at radius 3 is 2.53 bits per heavy atom. The van der Waals surface area contributed by atoms with Crippen LogP contribution in [-0.4, -0.2) is 24.8 Å². The molecule has 1 aromatic rings. The van der Waals surface area contributed by atoms with Gasteiger partial charge in [-0.05, 0) is 97.7 Å². The smallest absolute Gasteiger partial charge is 0.308 e. The van der Waals surface area contributed by atoms with Gasteiger partial charge in [-0.3, -0.25) is 4.79 Å². The van der Waals surface area contributed by atoms with E-state index < -0.39 is 13.7 Å². The number of carbonyl (C=O) groups excluding carboxylic acids is 1. The topological polar surface area (TPSA) is 46.5 Å². The van der Waals surface area contributed by atoms with Crippen LogP contribution in [0.25, 0.3) is 0 Å². The van der Waals surface area contributed by atoms with Gasteiger partial charge in [0, 0.05) is 12.3 Å². The van der Waals surface area contributed by atoms with Gasteiger partial charge in [-0.15, -0.1) is 5.54 Å². The fourth-order valence-electron chi connectivity index (χ4n) is 7.26. The van der Waals surface area contributed by atoms with E-state index in [1.807, 2.05) is 6.07 Å². The van der Waals surface area contributed by atoms with Crippen LogP contribution in [0.4, 0.5) is 0 Å². The van der Waals surface area contributed by atoms with Crippen molar-refractivity contribution in [2.75, 3.05) is 0 Å². The maximum atomic E-state index is 11.9. The first-order chi connectivity index (χ1) is 15.2. The predicted octanol–water partition coefficient (Wildman–Crippen LogP) is 6.25. The molecule has 5 atom stereocenters. The Hall–Kier alpha value is -1.57. The first-order valence-electron chi connectivity index (χ1n) is 12.8. The zero-order valence-electron chi connectivity index (χ0n) is 20.6. The molecule has 0 aliphatic heterocycles. The lowest BCUT2D eigenvalue weighted by atomic mass is 9.53. The summed E-state index contributed by atoms with van der Waals surface area (Å²) in [6, 6.07) is 9.76. The molecule has 0 radical (unpaired) electrons. The molecule has 174 valence electrons. The Balaban J connectivity index is 1.60. The van der Waals surface area contributed by atoms with Crippen LogP contribution >= 0.6 is 0 Å². The fraction of sp³-hybridized carbons (Fsp3) is 0.679. The van der Waals surface area contributed by atoms with E-state index in [0.29, 0.717) is 23.5 Å². The minimum absolute atomic E-state index is 0.105. The first kappa shape index (κ1) is 23.6. The Morgan fingerprint density at radius 1 is 1.16 bits per heavy atom. The van der Waals surface area contributed by atoms with Crippen molar-refractivity contribution >= 4 is 14.0 Å². The Bertz CT molecular complexity index is 931. The maximum Gasteiger partial charge on any atom is 0.308 e. The van der Waals surface area contributed by atoms with Crippen LogP contribution in [0, 0.1) is 28.7 Å². The molecule has 1 aromatic carbocycles. The highest BCUT2D eigenvalue weighted by molar-refractivity contribution is 6.87. The molecule has 3 aliphatic carbocycles. The largest absolute Gasteiger partial charge is 0.427 e. The third kappa shape index (κ3) is 3.76. The van der Waals surface area contributed by atoms with Crippen molar-refractivity contribution in [3.8, 4) is 17.2 Å². The third-order valence-electron chi connectivity index (χ3n) is 9.68. The van der Waals surface area contributed by atoms with E-state index >= 15 is 0 Å². The summed E-state index contributed by atoms with van der Waals surface area (Å²) in [5.41, 5.74) is 5.57. The molecule has 4 rings (SSSR count). The van der Waals surface area contributed by atoms with Gasteiger partial charge in [-0.1, -0.05) is 39.7 Å². The van der Waals surface area contributed by atoms with E-state index in [1.165, 1.54) is 36.2 Å². The lowest BCUT2D eigenvalue weighted by molar-refractivity contribution is -0.131. The molecule has 3 aliphatic rings. The molecule has 1 N–H and O–H groups in total. The number of rotatable bonds is 4. The minimum atomic E-state index is -1.58. The maximum absolute atomic E-state index is 11.9. The number of benzene rings is 1. The second kappa shape index (κ2) is 8.65. The van der Waals surface area contributed by atoms with Gasteiger partial charge in [0.15, 0.2) is 0 Å². The zero-order valence-corrected chi connectivity index (χ0v) is 21.6. The normalized spacial score (nSPS) is 33.4. The fourth-order valence-corrected chi connectivity index (χ4v) is 9.76. The highest BCUT2D eigenvalue weighted by atomic mass is 28.3. The second-order valence-electron chi connectivity index (χ2n) is 10.8. The van der Waals surface area contributed by atoms with Crippen LogP contribution in [0.15, 0.2) is 18.2 Å². The second-order valence-corrected chi connectivity index (χ2v) is 15.7. The Morgan fingerprint density at radius 2 is 1.88 bits per heavy atom. The zero-order chi connectivity index (χ0) is 23.1. The number of aryl methyl sites for hydroxylation is 1. The summed E-state index contributed by atoms with van der Waals surface area (Å²) in [7, 11) is -1.58. The molecule has 2 saturated carbocycles. The van der Waals surface area contributed by atoms with Gasteiger partial charge in [0.1, 0.15) is 19.4 Å². The molecule has 3 nitrogen and oxygen atoms in total. The van der Waals surface area contributed by atoms with Crippen LogP contribution in [-0.2, 0) is 11.2 Å². The summed E-state index contributed by atoms with van der Waals surface area (Å²) in [6.45, 7) is 10.6. The third-order valence-corrected chi connectivity index (χ3v) is 14.4. The van der Waals surface area contributed by atoms with Crippen LogP contribution in [0.5, 0.6) is 5.75 Å². The lowest BCUT2D eigenvalue weighted by Gasteiger charge is -2.52. The van der Waals surface area contributed by atoms with Crippen molar-refractivity contribution in [2.45, 2.75) is 103 Å². The highest BCUT2D eigenvalue weighted by Gasteiger charge is 2.61. The molecule has 0 bridgehead atoms. The summed E-state index contributed by atoms with van der Waals surface area (Å²) < 4.78 is 5.33. The first-order valence-corrected chi connectivity index (χ1v) is 15.4. The van der Waals surface area contributed by atoms with E-state index in [4.69, 9.17) is 4.74 Å². The molecule has 0 amide bonds. The number of hydrogen-bond donors (Lipinski definition) is 1. The highest BCUT2D eigenvalue weighted by Crippen LogP contribution is 2.64. The molecule has 32 heavy (non-hydrogen) atoms. The quantitative estimate of drug-likeness (QED) is 0.254. The molecule has 0 spiro atoms. The van der Waals surface area contributed by atoms with E-state index in [9.17, 15) is 9.90 Å². The number of hydrogen-bond acceptors (Lipinski definition) is 3. The summed E-state index contributed by atoms with van der Waals surface area (Å²) in [4.78, 5) is 11.3. The molecular formula is C28H40O3Si. The molecule has 0 aromatic heterocycles. The van der Waals surface area contributed by atoms with Gasteiger partial charge in [0.2, 0.25) is 0 Å². The van der Waals surface area contributed by atoms with E-state index in [1.54, 1.807) is 0 Å². The molecule has 2 fully saturated rings. The van der Waals surface area contributed by atoms with Gasteiger partial charge in [-0.2, -0.15) is 0 Å². The van der Waals surface area contributed by atoms with E-state index in [2.05, 4.69) is 51.3 Å². The number of aliphatic hydroxyl groups is 1. The number of ether oxygens (including phenoxy) is 1. The average molecular weight is 453 g/mol. The Kier molecular flexibility index (Phi) is 6.38. The van der Waals surface area contributed by atoms with Crippen LogP contribution in [0.1, 0.15) is 83.8 Å². The standard InChI is InChI=1S/C28H40O3Si/c1-6-32(7-2,8-3)18-17-28(30)16-14-26-25-11-9-21-19-22(31-20(4)29)10-12-23(21)24(25)13-15-27(26,28)5/h10,12,19,24-26,30H,6-9,11,13-16H2,1-5H3/t24-,25-,26+,27+,28-/m1/s1. The van der Waals surface area contributed by atoms with Crippen molar-refractivity contribution in [3.63, 3.8) is 0 Å². The van der Waals surface area contributed by atoms with Crippen LogP contribution in [0.3, 0.4) is 0 Å². The number of fused-ring (bicyclic) bond motifs is 5. The summed E-state index contributed by atoms with van der Waals surface area (Å²) in [5, 5.41) is 11.9. The summed E-state index contributed by atoms with van der Waals surface area (Å²) in [5.74, 6) is 5.64. The number of carbonyl (C=O) groups is 1. The van der Waals surface area contributed by atoms with Crippen molar-refractivity contribution in [1.29, 1.82) is 0 Å². The van der Waals surface area contributed by atoms with Crippen molar-refractivity contribution in [1.82, 2.24) is 0 Å². The molecule has 0 unspecified atom stereocenters. The number of esters is 1. The predicted molar refractivity (Wildman–Crippen MR) is 132 cm³/mol. The molecular weight excluding hydrogens is 412 g/mol. The summed E-state index contributed by atoms with van der Waals surface area (Å²) in [6.07, 6.45) is 6.24. The van der Waals surface area contributed by atoms with Gasteiger partial charge in [-0.25, -0.2) is 0 Å². The van der Waals surface area contributed by atoms with Crippen molar-refractivity contribution in [3.05, 3.63) is 29.3 Å². The van der Waals surface area contributed by atoms with Gasteiger partial charge in [0.25, 0.3) is 0 Å². The minimum Gasteiger partial charge on any atom is -0.427 e. The summed E-state index contributed by atoms with van der Waals surface area (Å²) >= 11 is 0. The van der Waals surface area contributed by atoms with Crippen molar-refractivity contribution < 1.29 is 14.6 Å². The molecule has 0 saturated heterocycles. The van der Waals surface area contributed by atoms with Gasteiger partial charge < -0.3 is 9.84 Å². The van der Waals surface area contributed by atoms with E-state index in [0.717, 1.165) is 38.5 Å². The average Bonchev–Trinajstić information content (AvgIpc) is 3.05. The SMILES string of the molecule is CC[Si](C#C[C@]1(O)CC[C@H]2[C@@H]3CCc4cc(OC(C)=O)ccc4[C@H]3CC[C@@]21C)(CC)CC. The van der Waals surface area contributed by atoms with Crippen LogP contribution < -0.4 is 4.74 Å². The molecule has 4 heteroatoms. The lowest BCUT2D eigenvalue weighted by Crippen LogP contribution is -2.50. The monoisotopic (exact) mass is 452 g/mol.